The molecule has 0 radical (unpaired) electrons. The van der Waals surface area contributed by atoms with Crippen LogP contribution >= 0.6 is 0 Å². The summed E-state index contributed by atoms with van der Waals surface area (Å²) >= 11 is 0. The van der Waals surface area contributed by atoms with Crippen LogP contribution in [-0.2, 0) is 17.6 Å². The number of benzene rings is 1. The Hall–Kier alpha value is -1.02. The molecule has 0 saturated carbocycles. The standard InChI is InChI=1S/C17H25NO/c1-12-10-15(11-13(2)19-12)18-17-9-5-7-14-6-3-4-8-16(14)17/h5,7,9,12-13,15,18H,3-4,6,8,10-11H2,1-2H3. The van der Waals surface area contributed by atoms with Gasteiger partial charge in [-0.1, -0.05) is 12.1 Å². The molecule has 1 heterocycles. The highest BCUT2D eigenvalue weighted by Gasteiger charge is 2.25. The van der Waals surface area contributed by atoms with Crippen LogP contribution in [0.1, 0.15) is 50.7 Å². The summed E-state index contributed by atoms with van der Waals surface area (Å²) in [6.45, 7) is 4.37. The lowest BCUT2D eigenvalue weighted by Gasteiger charge is -2.34. The maximum Gasteiger partial charge on any atom is 0.0570 e. The van der Waals surface area contributed by atoms with Gasteiger partial charge in [-0.3, -0.25) is 0 Å². The van der Waals surface area contributed by atoms with E-state index in [1.807, 2.05) is 0 Å². The molecular weight excluding hydrogens is 234 g/mol. The first-order valence-electron chi connectivity index (χ1n) is 7.75. The molecule has 1 aliphatic carbocycles. The zero-order valence-corrected chi connectivity index (χ0v) is 12.1. The van der Waals surface area contributed by atoms with Crippen molar-refractivity contribution in [2.24, 2.45) is 0 Å². The normalized spacial score (nSPS) is 30.7. The van der Waals surface area contributed by atoms with Crippen molar-refractivity contribution in [3.8, 4) is 0 Å². The van der Waals surface area contributed by atoms with E-state index < -0.39 is 0 Å². The van der Waals surface area contributed by atoms with E-state index in [9.17, 15) is 0 Å². The zero-order chi connectivity index (χ0) is 13.2. The maximum atomic E-state index is 5.83. The van der Waals surface area contributed by atoms with Crippen LogP contribution in [0.2, 0.25) is 0 Å². The average Bonchev–Trinajstić information content (AvgIpc) is 2.38. The summed E-state index contributed by atoms with van der Waals surface area (Å²) in [5.74, 6) is 0. The fourth-order valence-electron chi connectivity index (χ4n) is 3.66. The molecule has 0 bridgehead atoms. The number of anilines is 1. The molecule has 1 aromatic carbocycles. The third-order valence-corrected chi connectivity index (χ3v) is 4.45. The van der Waals surface area contributed by atoms with E-state index in [1.165, 1.54) is 31.4 Å². The zero-order valence-electron chi connectivity index (χ0n) is 12.1. The molecule has 104 valence electrons. The Balaban J connectivity index is 1.76. The largest absolute Gasteiger partial charge is 0.382 e. The second-order valence-electron chi connectivity index (χ2n) is 6.22. The Morgan fingerprint density at radius 3 is 2.58 bits per heavy atom. The molecule has 3 rings (SSSR count). The molecule has 2 nitrogen and oxygen atoms in total. The minimum Gasteiger partial charge on any atom is -0.382 e. The van der Waals surface area contributed by atoms with Gasteiger partial charge in [-0.05, 0) is 69.6 Å². The van der Waals surface area contributed by atoms with Gasteiger partial charge in [0, 0.05) is 11.7 Å². The molecule has 0 amide bonds. The van der Waals surface area contributed by atoms with Crippen LogP contribution in [0, 0.1) is 0 Å². The molecule has 0 spiro atoms. The van der Waals surface area contributed by atoms with Gasteiger partial charge in [0.1, 0.15) is 0 Å². The monoisotopic (exact) mass is 259 g/mol. The van der Waals surface area contributed by atoms with Gasteiger partial charge in [-0.15, -0.1) is 0 Å². The lowest BCUT2D eigenvalue weighted by molar-refractivity contribution is -0.0337. The number of ether oxygens (including phenoxy) is 1. The van der Waals surface area contributed by atoms with Crippen LogP contribution in [0.4, 0.5) is 5.69 Å². The van der Waals surface area contributed by atoms with Crippen LogP contribution in [0.3, 0.4) is 0 Å². The molecule has 2 atom stereocenters. The summed E-state index contributed by atoms with van der Waals surface area (Å²) in [5.41, 5.74) is 4.51. The minimum atomic E-state index is 0.376. The van der Waals surface area contributed by atoms with Crippen LogP contribution in [0.15, 0.2) is 18.2 Å². The maximum absolute atomic E-state index is 5.83. The fourth-order valence-corrected chi connectivity index (χ4v) is 3.66. The van der Waals surface area contributed by atoms with Crippen molar-refractivity contribution in [2.45, 2.75) is 70.6 Å². The lowest BCUT2D eigenvalue weighted by atomic mass is 9.90. The Morgan fingerprint density at radius 2 is 1.79 bits per heavy atom. The first-order valence-corrected chi connectivity index (χ1v) is 7.75. The van der Waals surface area contributed by atoms with Crippen molar-refractivity contribution in [3.63, 3.8) is 0 Å². The van der Waals surface area contributed by atoms with Crippen molar-refractivity contribution < 1.29 is 4.74 Å². The summed E-state index contributed by atoms with van der Waals surface area (Å²) in [6, 6.07) is 7.33. The van der Waals surface area contributed by atoms with Crippen molar-refractivity contribution in [3.05, 3.63) is 29.3 Å². The summed E-state index contributed by atoms with van der Waals surface area (Å²) in [4.78, 5) is 0. The molecule has 1 aromatic rings. The topological polar surface area (TPSA) is 21.3 Å². The van der Waals surface area contributed by atoms with Gasteiger partial charge in [-0.2, -0.15) is 0 Å². The number of aryl methyl sites for hydroxylation is 1. The van der Waals surface area contributed by atoms with Gasteiger partial charge in [0.2, 0.25) is 0 Å². The fraction of sp³-hybridized carbons (Fsp3) is 0.647. The molecule has 1 saturated heterocycles. The van der Waals surface area contributed by atoms with Gasteiger partial charge >= 0.3 is 0 Å². The first kappa shape index (κ1) is 13.0. The predicted molar refractivity (Wildman–Crippen MR) is 79.7 cm³/mol. The van der Waals surface area contributed by atoms with Crippen LogP contribution in [0.5, 0.6) is 0 Å². The first-order chi connectivity index (χ1) is 9.22. The number of hydrogen-bond donors (Lipinski definition) is 1. The van der Waals surface area contributed by atoms with Gasteiger partial charge < -0.3 is 10.1 Å². The van der Waals surface area contributed by atoms with E-state index in [2.05, 4.69) is 37.4 Å². The Labute approximate surface area is 116 Å². The van der Waals surface area contributed by atoms with Gasteiger partial charge in [0.15, 0.2) is 0 Å². The van der Waals surface area contributed by atoms with E-state index in [0.717, 1.165) is 12.8 Å². The lowest BCUT2D eigenvalue weighted by Crippen LogP contribution is -2.37. The number of nitrogens with one attached hydrogen (secondary N) is 1. The van der Waals surface area contributed by atoms with Crippen LogP contribution in [0.25, 0.3) is 0 Å². The molecule has 1 aliphatic heterocycles. The molecule has 1 N–H and O–H groups in total. The van der Waals surface area contributed by atoms with Gasteiger partial charge in [0.25, 0.3) is 0 Å². The second-order valence-corrected chi connectivity index (χ2v) is 6.22. The highest BCUT2D eigenvalue weighted by atomic mass is 16.5. The number of hydrogen-bond acceptors (Lipinski definition) is 2. The van der Waals surface area contributed by atoms with Crippen molar-refractivity contribution >= 4 is 5.69 Å². The summed E-state index contributed by atoms with van der Waals surface area (Å²) in [6.07, 6.45) is 8.18. The molecule has 19 heavy (non-hydrogen) atoms. The number of fused-ring (bicyclic) bond motifs is 1. The highest BCUT2D eigenvalue weighted by molar-refractivity contribution is 5.56. The molecule has 2 heteroatoms. The van der Waals surface area contributed by atoms with E-state index in [0.29, 0.717) is 18.2 Å². The molecule has 1 fully saturated rings. The second kappa shape index (κ2) is 5.54. The van der Waals surface area contributed by atoms with E-state index >= 15 is 0 Å². The highest BCUT2D eigenvalue weighted by Crippen LogP contribution is 2.30. The third-order valence-electron chi connectivity index (χ3n) is 4.45. The van der Waals surface area contributed by atoms with E-state index in [4.69, 9.17) is 4.74 Å². The van der Waals surface area contributed by atoms with Gasteiger partial charge in [0.05, 0.1) is 12.2 Å². The van der Waals surface area contributed by atoms with Crippen LogP contribution in [-0.4, -0.2) is 18.2 Å². The molecular formula is C17H25NO. The molecule has 0 aromatic heterocycles. The minimum absolute atomic E-state index is 0.376. The Morgan fingerprint density at radius 1 is 1.05 bits per heavy atom. The smallest absolute Gasteiger partial charge is 0.0570 e. The Bertz CT molecular complexity index is 433. The molecule has 2 unspecified atom stereocenters. The SMILES string of the molecule is CC1CC(Nc2cccc3c2CCCC3)CC(C)O1. The van der Waals surface area contributed by atoms with Crippen molar-refractivity contribution in [1.29, 1.82) is 0 Å². The van der Waals surface area contributed by atoms with E-state index in [-0.39, 0.29) is 0 Å². The molecule has 2 aliphatic rings. The van der Waals surface area contributed by atoms with Crippen molar-refractivity contribution in [2.75, 3.05) is 5.32 Å². The van der Waals surface area contributed by atoms with Crippen LogP contribution < -0.4 is 5.32 Å². The summed E-state index contributed by atoms with van der Waals surface area (Å²) < 4.78 is 5.83. The summed E-state index contributed by atoms with van der Waals surface area (Å²) in [7, 11) is 0. The number of rotatable bonds is 2. The summed E-state index contributed by atoms with van der Waals surface area (Å²) in [5, 5.41) is 3.79. The van der Waals surface area contributed by atoms with Gasteiger partial charge in [-0.25, -0.2) is 0 Å². The average molecular weight is 259 g/mol. The van der Waals surface area contributed by atoms with E-state index in [1.54, 1.807) is 11.1 Å². The third kappa shape index (κ3) is 2.94. The van der Waals surface area contributed by atoms with Crippen molar-refractivity contribution in [1.82, 2.24) is 0 Å². The Kier molecular flexibility index (Phi) is 3.79. The predicted octanol–water partition coefficient (Wildman–Crippen LogP) is 3.93. The quantitative estimate of drug-likeness (QED) is 0.868.